The first-order valence-corrected chi connectivity index (χ1v) is 12.7. The van der Waals surface area contributed by atoms with Gasteiger partial charge in [-0.1, -0.05) is 30.4 Å². The van der Waals surface area contributed by atoms with Crippen molar-refractivity contribution in [2.24, 2.45) is 0 Å². The number of nitrogens with one attached hydrogen (secondary N) is 1. The zero-order valence-corrected chi connectivity index (χ0v) is 19.5. The van der Waals surface area contributed by atoms with Gasteiger partial charge in [-0.05, 0) is 24.6 Å². The summed E-state index contributed by atoms with van der Waals surface area (Å²) in [4.78, 5) is 17.6. The van der Waals surface area contributed by atoms with Gasteiger partial charge in [0.05, 0.1) is 33.0 Å². The van der Waals surface area contributed by atoms with Crippen molar-refractivity contribution < 1.29 is 22.7 Å². The Kier molecular flexibility index (Phi) is 5.29. The number of carbonyl (C=O) groups is 1. The van der Waals surface area contributed by atoms with E-state index in [1.165, 1.54) is 23.5 Å². The predicted octanol–water partition coefficient (Wildman–Crippen LogP) is 3.49. The molecule has 0 atom stereocenters. The fraction of sp³-hybridized carbons (Fsp3) is 0.227. The molecule has 0 spiro atoms. The third-order valence-corrected chi connectivity index (χ3v) is 7.92. The molecule has 0 aliphatic carbocycles. The number of ether oxygens (including phenoxy) is 2. The molecule has 3 heterocycles. The van der Waals surface area contributed by atoms with Crippen LogP contribution >= 0.6 is 11.3 Å². The smallest absolute Gasteiger partial charge is 0.231 e. The van der Waals surface area contributed by atoms with Crippen molar-refractivity contribution in [3.8, 4) is 16.6 Å². The number of benzene rings is 2. The molecule has 0 saturated heterocycles. The predicted molar refractivity (Wildman–Crippen MR) is 124 cm³/mol. The fourth-order valence-electron chi connectivity index (χ4n) is 3.48. The van der Waals surface area contributed by atoms with E-state index in [4.69, 9.17) is 9.47 Å². The maximum absolute atomic E-state index is 12.7. The van der Waals surface area contributed by atoms with Crippen LogP contribution in [0.3, 0.4) is 0 Å². The van der Waals surface area contributed by atoms with Crippen molar-refractivity contribution >= 4 is 43.1 Å². The standard InChI is InChI=1S/C22H20N4O5S2/c1-3-33(28,29)15-6-4-14(5-7-15)9-21(27)24-20-8-13(2)25-26(20)22-23-16-10-17-18(31-12-30-17)11-19(16)32-22/h4-8,10-11H,3,9,12H2,1-2H3,(H,24,27). The molecule has 0 unspecified atom stereocenters. The van der Waals surface area contributed by atoms with E-state index in [2.05, 4.69) is 15.4 Å². The zero-order chi connectivity index (χ0) is 23.2. The minimum atomic E-state index is -3.27. The summed E-state index contributed by atoms with van der Waals surface area (Å²) < 4.78 is 37.3. The molecule has 4 aromatic rings. The average Bonchev–Trinajstić information content (AvgIpc) is 3.49. The number of aryl methyl sites for hydroxylation is 1. The number of aromatic nitrogens is 3. The Morgan fingerprint density at radius 3 is 2.61 bits per heavy atom. The molecule has 9 nitrogen and oxygen atoms in total. The number of thiazole rings is 1. The number of hydrogen-bond donors (Lipinski definition) is 1. The summed E-state index contributed by atoms with van der Waals surface area (Å²) in [5.74, 6) is 1.62. The molecular formula is C22H20N4O5S2. The third-order valence-electron chi connectivity index (χ3n) is 5.18. The molecule has 1 N–H and O–H groups in total. The van der Waals surface area contributed by atoms with Crippen LogP contribution in [0, 0.1) is 6.92 Å². The van der Waals surface area contributed by atoms with E-state index in [0.29, 0.717) is 28.0 Å². The number of sulfone groups is 1. The molecule has 0 bridgehead atoms. The van der Waals surface area contributed by atoms with Crippen LogP contribution in [0.4, 0.5) is 5.82 Å². The van der Waals surface area contributed by atoms with Gasteiger partial charge in [0.1, 0.15) is 5.82 Å². The summed E-state index contributed by atoms with van der Waals surface area (Å²) in [5.41, 5.74) is 2.19. The Morgan fingerprint density at radius 2 is 1.88 bits per heavy atom. The van der Waals surface area contributed by atoms with Crippen LogP contribution in [0.15, 0.2) is 47.4 Å². The summed E-state index contributed by atoms with van der Waals surface area (Å²) in [6.07, 6.45) is 0.0952. The van der Waals surface area contributed by atoms with Gasteiger partial charge in [0, 0.05) is 18.2 Å². The Balaban J connectivity index is 1.36. The maximum Gasteiger partial charge on any atom is 0.231 e. The van der Waals surface area contributed by atoms with E-state index in [9.17, 15) is 13.2 Å². The van der Waals surface area contributed by atoms with Crippen molar-refractivity contribution in [2.75, 3.05) is 17.9 Å². The normalized spacial score (nSPS) is 12.9. The fourth-order valence-corrected chi connectivity index (χ4v) is 5.31. The number of hydrogen-bond acceptors (Lipinski definition) is 8. The van der Waals surface area contributed by atoms with Crippen molar-refractivity contribution in [3.63, 3.8) is 0 Å². The maximum atomic E-state index is 12.7. The second-order valence-corrected chi connectivity index (χ2v) is 10.8. The number of amides is 1. The van der Waals surface area contributed by atoms with E-state index in [1.807, 2.05) is 19.1 Å². The topological polar surface area (TPSA) is 112 Å². The lowest BCUT2D eigenvalue weighted by Gasteiger charge is -2.07. The van der Waals surface area contributed by atoms with Crippen LogP contribution in [-0.4, -0.2) is 41.6 Å². The lowest BCUT2D eigenvalue weighted by molar-refractivity contribution is -0.115. The number of carbonyl (C=O) groups excluding carboxylic acids is 1. The number of rotatable bonds is 6. The van der Waals surface area contributed by atoms with Gasteiger partial charge in [0.2, 0.25) is 17.8 Å². The molecule has 1 amide bonds. The molecule has 33 heavy (non-hydrogen) atoms. The number of anilines is 1. The van der Waals surface area contributed by atoms with Crippen LogP contribution < -0.4 is 14.8 Å². The molecular weight excluding hydrogens is 464 g/mol. The highest BCUT2D eigenvalue weighted by atomic mass is 32.2. The molecule has 170 valence electrons. The Hall–Kier alpha value is -3.44. The molecule has 1 aliphatic heterocycles. The molecule has 0 saturated carbocycles. The Bertz CT molecular complexity index is 1430. The van der Waals surface area contributed by atoms with Crippen molar-refractivity contribution in [2.45, 2.75) is 25.2 Å². The minimum absolute atomic E-state index is 0.0324. The Morgan fingerprint density at radius 1 is 1.15 bits per heavy atom. The van der Waals surface area contributed by atoms with Gasteiger partial charge < -0.3 is 14.8 Å². The lowest BCUT2D eigenvalue weighted by atomic mass is 10.1. The highest BCUT2D eigenvalue weighted by molar-refractivity contribution is 7.91. The van der Waals surface area contributed by atoms with Crippen molar-refractivity contribution in [3.05, 3.63) is 53.7 Å². The molecule has 5 rings (SSSR count). The molecule has 0 radical (unpaired) electrons. The van der Waals surface area contributed by atoms with Crippen LogP contribution in [0.1, 0.15) is 18.2 Å². The summed E-state index contributed by atoms with van der Waals surface area (Å²) in [7, 11) is -3.27. The largest absolute Gasteiger partial charge is 0.454 e. The van der Waals surface area contributed by atoms with Gasteiger partial charge in [0.15, 0.2) is 21.3 Å². The van der Waals surface area contributed by atoms with E-state index in [-0.39, 0.29) is 29.8 Å². The van der Waals surface area contributed by atoms with Gasteiger partial charge in [-0.15, -0.1) is 0 Å². The first-order valence-electron chi connectivity index (χ1n) is 10.2. The molecule has 2 aromatic carbocycles. The summed E-state index contributed by atoms with van der Waals surface area (Å²) >= 11 is 1.43. The van der Waals surface area contributed by atoms with Gasteiger partial charge in [0.25, 0.3) is 0 Å². The highest BCUT2D eigenvalue weighted by Crippen LogP contribution is 2.38. The van der Waals surface area contributed by atoms with E-state index >= 15 is 0 Å². The van der Waals surface area contributed by atoms with E-state index in [0.717, 1.165) is 15.9 Å². The molecule has 11 heteroatoms. The highest BCUT2D eigenvalue weighted by Gasteiger charge is 2.19. The van der Waals surface area contributed by atoms with E-state index < -0.39 is 9.84 Å². The van der Waals surface area contributed by atoms with Crippen LogP contribution in [-0.2, 0) is 21.1 Å². The van der Waals surface area contributed by atoms with Gasteiger partial charge in [-0.3, -0.25) is 4.79 Å². The number of nitrogens with zero attached hydrogens (tertiary/aromatic N) is 3. The zero-order valence-electron chi connectivity index (χ0n) is 17.9. The second kappa shape index (κ2) is 8.16. The minimum Gasteiger partial charge on any atom is -0.454 e. The van der Waals surface area contributed by atoms with Crippen LogP contribution in [0.25, 0.3) is 15.3 Å². The van der Waals surface area contributed by atoms with Gasteiger partial charge >= 0.3 is 0 Å². The molecule has 1 aliphatic rings. The monoisotopic (exact) mass is 484 g/mol. The summed E-state index contributed by atoms with van der Waals surface area (Å²) in [6, 6.07) is 11.9. The van der Waals surface area contributed by atoms with Crippen LogP contribution in [0.2, 0.25) is 0 Å². The number of fused-ring (bicyclic) bond motifs is 2. The lowest BCUT2D eigenvalue weighted by Crippen LogP contribution is -2.17. The second-order valence-electron chi connectivity index (χ2n) is 7.52. The van der Waals surface area contributed by atoms with Gasteiger partial charge in [-0.2, -0.15) is 9.78 Å². The molecule has 2 aromatic heterocycles. The van der Waals surface area contributed by atoms with Crippen LogP contribution in [0.5, 0.6) is 11.5 Å². The van der Waals surface area contributed by atoms with Gasteiger partial charge in [-0.25, -0.2) is 13.4 Å². The SMILES string of the molecule is CCS(=O)(=O)c1ccc(CC(=O)Nc2cc(C)nn2-c2nc3cc4c(cc3s2)OCO4)cc1. The summed E-state index contributed by atoms with van der Waals surface area (Å²) in [5, 5.41) is 7.97. The first-order chi connectivity index (χ1) is 15.8. The summed E-state index contributed by atoms with van der Waals surface area (Å²) in [6.45, 7) is 3.63. The first kappa shape index (κ1) is 21.4. The quantitative estimate of drug-likeness (QED) is 0.446. The Labute approximate surface area is 193 Å². The van der Waals surface area contributed by atoms with E-state index in [1.54, 1.807) is 29.8 Å². The average molecular weight is 485 g/mol. The van der Waals surface area contributed by atoms with Crippen molar-refractivity contribution in [1.29, 1.82) is 0 Å². The molecule has 0 fully saturated rings. The van der Waals surface area contributed by atoms with Crippen molar-refractivity contribution in [1.82, 2.24) is 14.8 Å². The third kappa shape index (κ3) is 4.16.